The number of hydrogen-bond acceptors (Lipinski definition) is 5. The number of rotatable bonds is 2. The topological polar surface area (TPSA) is 63.2 Å². The van der Waals surface area contributed by atoms with Crippen LogP contribution in [0, 0.1) is 0 Å². The Bertz CT molecular complexity index is 533. The van der Waals surface area contributed by atoms with E-state index in [1.54, 1.807) is 13.8 Å². The summed E-state index contributed by atoms with van der Waals surface area (Å²) in [6, 6.07) is 0. The highest BCUT2D eigenvalue weighted by atomic mass is 32.1. The van der Waals surface area contributed by atoms with Crippen LogP contribution in [0.1, 0.15) is 38.4 Å². The fraction of sp³-hybridized carbons (Fsp3) is 0.455. The van der Waals surface area contributed by atoms with Gasteiger partial charge in [-0.1, -0.05) is 0 Å². The zero-order chi connectivity index (χ0) is 12.2. The SMILES string of the molecule is CC1=C(C)C(=O)N(c2nc(C3CC3)ns2)C1=O. The molecule has 1 fully saturated rings. The summed E-state index contributed by atoms with van der Waals surface area (Å²) in [6.45, 7) is 3.33. The van der Waals surface area contributed by atoms with Crippen molar-refractivity contribution in [2.24, 2.45) is 0 Å². The van der Waals surface area contributed by atoms with Gasteiger partial charge in [0.05, 0.1) is 0 Å². The first-order valence-corrected chi connectivity index (χ1v) is 6.27. The summed E-state index contributed by atoms with van der Waals surface area (Å²) in [4.78, 5) is 29.2. The molecule has 6 heteroatoms. The summed E-state index contributed by atoms with van der Waals surface area (Å²) >= 11 is 1.12. The molecule has 0 radical (unpaired) electrons. The highest BCUT2D eigenvalue weighted by Crippen LogP contribution is 2.40. The number of aromatic nitrogens is 2. The van der Waals surface area contributed by atoms with E-state index in [9.17, 15) is 9.59 Å². The molecule has 1 saturated carbocycles. The minimum Gasteiger partial charge on any atom is -0.268 e. The van der Waals surface area contributed by atoms with Crippen LogP contribution in [-0.4, -0.2) is 21.2 Å². The number of nitrogens with zero attached hydrogens (tertiary/aromatic N) is 3. The van der Waals surface area contributed by atoms with Gasteiger partial charge < -0.3 is 0 Å². The smallest absolute Gasteiger partial charge is 0.263 e. The number of hydrogen-bond donors (Lipinski definition) is 0. The second-order valence-electron chi connectivity index (χ2n) is 4.41. The molecule has 0 saturated heterocycles. The predicted molar refractivity (Wildman–Crippen MR) is 62.8 cm³/mol. The lowest BCUT2D eigenvalue weighted by atomic mass is 10.2. The predicted octanol–water partition coefficient (Wildman–Crippen LogP) is 1.63. The summed E-state index contributed by atoms with van der Waals surface area (Å²) in [7, 11) is 0. The van der Waals surface area contributed by atoms with Crippen LogP contribution in [0.15, 0.2) is 11.1 Å². The fourth-order valence-electron chi connectivity index (χ4n) is 1.75. The van der Waals surface area contributed by atoms with Gasteiger partial charge in [-0.2, -0.15) is 4.37 Å². The molecule has 1 aromatic rings. The van der Waals surface area contributed by atoms with Crippen molar-refractivity contribution in [3.05, 3.63) is 17.0 Å². The van der Waals surface area contributed by atoms with Crippen molar-refractivity contribution in [3.8, 4) is 0 Å². The first-order valence-electron chi connectivity index (χ1n) is 5.49. The lowest BCUT2D eigenvalue weighted by Crippen LogP contribution is -2.31. The van der Waals surface area contributed by atoms with E-state index in [1.807, 2.05) is 0 Å². The second-order valence-corrected chi connectivity index (χ2v) is 5.14. The van der Waals surface area contributed by atoms with Gasteiger partial charge in [0.2, 0.25) is 5.13 Å². The van der Waals surface area contributed by atoms with Gasteiger partial charge in [0, 0.05) is 28.6 Å². The average Bonchev–Trinajstić information content (AvgIpc) is 3.03. The standard InChI is InChI=1S/C11H11N3O2S/c1-5-6(2)10(16)14(9(5)15)11-12-8(13-17-11)7-3-4-7/h7H,3-4H2,1-2H3. The van der Waals surface area contributed by atoms with Crippen LogP contribution in [0.2, 0.25) is 0 Å². The molecule has 3 rings (SSSR count). The summed E-state index contributed by atoms with van der Waals surface area (Å²) in [5, 5.41) is 0.401. The van der Waals surface area contributed by atoms with Gasteiger partial charge in [0.1, 0.15) is 5.82 Å². The molecule has 5 nitrogen and oxygen atoms in total. The van der Waals surface area contributed by atoms with E-state index in [0.717, 1.165) is 35.1 Å². The third-order valence-electron chi connectivity index (χ3n) is 3.18. The molecular formula is C11H11N3O2S. The van der Waals surface area contributed by atoms with Gasteiger partial charge in [-0.25, -0.2) is 9.88 Å². The Labute approximate surface area is 102 Å². The molecule has 1 aliphatic carbocycles. The van der Waals surface area contributed by atoms with E-state index < -0.39 is 0 Å². The molecule has 0 aromatic carbocycles. The maximum Gasteiger partial charge on any atom is 0.263 e. The van der Waals surface area contributed by atoms with E-state index in [1.165, 1.54) is 0 Å². The Morgan fingerprint density at radius 2 is 1.76 bits per heavy atom. The molecule has 0 unspecified atom stereocenters. The van der Waals surface area contributed by atoms with Crippen LogP contribution in [-0.2, 0) is 9.59 Å². The minimum atomic E-state index is -0.272. The lowest BCUT2D eigenvalue weighted by molar-refractivity contribution is -0.120. The number of carbonyl (C=O) groups is 2. The number of imide groups is 1. The number of carbonyl (C=O) groups excluding carboxylic acids is 2. The van der Waals surface area contributed by atoms with Crippen molar-refractivity contribution in [2.45, 2.75) is 32.6 Å². The van der Waals surface area contributed by atoms with Crippen LogP contribution >= 0.6 is 11.5 Å². The molecule has 17 heavy (non-hydrogen) atoms. The molecular weight excluding hydrogens is 238 g/mol. The first kappa shape index (κ1) is 10.6. The molecule has 1 aromatic heterocycles. The van der Waals surface area contributed by atoms with Crippen LogP contribution in [0.4, 0.5) is 5.13 Å². The third kappa shape index (κ3) is 1.51. The Morgan fingerprint density at radius 1 is 1.18 bits per heavy atom. The summed E-state index contributed by atoms with van der Waals surface area (Å²) < 4.78 is 4.21. The maximum atomic E-state index is 11.9. The molecule has 2 aliphatic rings. The van der Waals surface area contributed by atoms with E-state index in [2.05, 4.69) is 9.36 Å². The van der Waals surface area contributed by atoms with E-state index >= 15 is 0 Å². The van der Waals surface area contributed by atoms with Crippen molar-refractivity contribution in [2.75, 3.05) is 4.90 Å². The summed E-state index contributed by atoms with van der Waals surface area (Å²) in [5.41, 5.74) is 0.997. The zero-order valence-corrected chi connectivity index (χ0v) is 10.4. The molecule has 0 bridgehead atoms. The van der Waals surface area contributed by atoms with Gasteiger partial charge in [-0.05, 0) is 26.7 Å². The van der Waals surface area contributed by atoms with Gasteiger partial charge in [0.25, 0.3) is 11.8 Å². The Morgan fingerprint density at radius 3 is 2.29 bits per heavy atom. The molecule has 88 valence electrons. The first-order chi connectivity index (χ1) is 8.09. The molecule has 2 amide bonds. The van der Waals surface area contributed by atoms with Crippen molar-refractivity contribution >= 4 is 28.5 Å². The Balaban J connectivity index is 1.94. The summed E-state index contributed by atoms with van der Waals surface area (Å²) in [6.07, 6.45) is 2.21. The fourth-order valence-corrected chi connectivity index (χ4v) is 2.49. The zero-order valence-electron chi connectivity index (χ0n) is 9.56. The maximum absolute atomic E-state index is 11.9. The van der Waals surface area contributed by atoms with Crippen molar-refractivity contribution in [1.29, 1.82) is 0 Å². The molecule has 1 aliphatic heterocycles. The minimum absolute atomic E-state index is 0.272. The van der Waals surface area contributed by atoms with Crippen LogP contribution in [0.25, 0.3) is 0 Å². The average molecular weight is 249 g/mol. The third-order valence-corrected chi connectivity index (χ3v) is 3.89. The van der Waals surface area contributed by atoms with Crippen molar-refractivity contribution < 1.29 is 9.59 Å². The number of anilines is 1. The van der Waals surface area contributed by atoms with E-state index in [-0.39, 0.29) is 11.8 Å². The van der Waals surface area contributed by atoms with E-state index in [0.29, 0.717) is 22.2 Å². The van der Waals surface area contributed by atoms with Crippen LogP contribution < -0.4 is 4.90 Å². The largest absolute Gasteiger partial charge is 0.268 e. The Kier molecular flexibility index (Phi) is 2.16. The van der Waals surface area contributed by atoms with Crippen molar-refractivity contribution in [1.82, 2.24) is 9.36 Å². The normalized spacial score (nSPS) is 20.7. The van der Waals surface area contributed by atoms with Gasteiger partial charge in [0.15, 0.2) is 0 Å². The Hall–Kier alpha value is -1.56. The molecule has 0 N–H and O–H groups in total. The number of amides is 2. The van der Waals surface area contributed by atoms with Crippen LogP contribution in [0.5, 0.6) is 0 Å². The molecule has 2 heterocycles. The van der Waals surface area contributed by atoms with Crippen LogP contribution in [0.3, 0.4) is 0 Å². The quantitative estimate of drug-likeness (QED) is 0.747. The van der Waals surface area contributed by atoms with Gasteiger partial charge >= 0.3 is 0 Å². The lowest BCUT2D eigenvalue weighted by Gasteiger charge is -2.09. The monoisotopic (exact) mass is 249 g/mol. The van der Waals surface area contributed by atoms with E-state index in [4.69, 9.17) is 0 Å². The van der Waals surface area contributed by atoms with Gasteiger partial charge in [-0.15, -0.1) is 0 Å². The highest BCUT2D eigenvalue weighted by molar-refractivity contribution is 7.10. The van der Waals surface area contributed by atoms with Crippen molar-refractivity contribution in [3.63, 3.8) is 0 Å². The summed E-state index contributed by atoms with van der Waals surface area (Å²) in [5.74, 6) is 0.660. The van der Waals surface area contributed by atoms with Gasteiger partial charge in [-0.3, -0.25) is 9.59 Å². The second kappa shape index (κ2) is 3.46. The molecule has 0 atom stereocenters. The molecule has 0 spiro atoms. The highest BCUT2D eigenvalue weighted by Gasteiger charge is 2.37.